The van der Waals surface area contributed by atoms with Crippen molar-refractivity contribution in [2.75, 3.05) is 0 Å². The van der Waals surface area contributed by atoms with Crippen molar-refractivity contribution in [3.8, 4) is 67.3 Å². The van der Waals surface area contributed by atoms with Gasteiger partial charge in [-0.2, -0.15) is 0 Å². The lowest BCUT2D eigenvalue weighted by Gasteiger charge is -2.15. The molecule has 0 atom stereocenters. The van der Waals surface area contributed by atoms with Crippen molar-refractivity contribution in [1.29, 1.82) is 0 Å². The minimum absolute atomic E-state index is 0.694. The summed E-state index contributed by atoms with van der Waals surface area (Å²) in [5.74, 6) is 0.694. The standard InChI is InChI=1S/C58H36N2S/c1-2-10-37(11-3-1)38-18-22-41(23-19-38)53-36-54(42-24-20-39(21-25-42)45-31-32-50-49-16-8-9-17-55(49)61-56(50)35-45)60-58(59-53)44-28-26-43(27-29-44)57-48-15-7-5-13-46(48)34-52-47-14-6-4-12-40(47)30-33-51(52)57/h1-36H. The molecular weight excluding hydrogens is 757 g/mol. The van der Waals surface area contributed by atoms with E-state index in [4.69, 9.17) is 9.97 Å². The number of aromatic nitrogens is 2. The minimum atomic E-state index is 0.694. The number of hydrogen-bond donors (Lipinski definition) is 0. The molecule has 0 unspecified atom stereocenters. The molecule has 0 bridgehead atoms. The Balaban J connectivity index is 0.952. The van der Waals surface area contributed by atoms with Gasteiger partial charge in [0.1, 0.15) is 0 Å². The number of fused-ring (bicyclic) bond motifs is 7. The van der Waals surface area contributed by atoms with Gasteiger partial charge in [-0.15, -0.1) is 11.3 Å². The van der Waals surface area contributed by atoms with Gasteiger partial charge in [0, 0.05) is 36.9 Å². The summed E-state index contributed by atoms with van der Waals surface area (Å²) < 4.78 is 2.62. The van der Waals surface area contributed by atoms with Crippen molar-refractivity contribution in [3.63, 3.8) is 0 Å². The summed E-state index contributed by atoms with van der Waals surface area (Å²) in [7, 11) is 0. The Morgan fingerprint density at radius 2 is 0.770 bits per heavy atom. The van der Waals surface area contributed by atoms with E-state index in [0.29, 0.717) is 5.82 Å². The second-order valence-corrected chi connectivity index (χ2v) is 16.8. The van der Waals surface area contributed by atoms with E-state index in [1.807, 2.05) is 11.3 Å². The smallest absolute Gasteiger partial charge is 0.160 e. The molecule has 12 rings (SSSR count). The molecular formula is C58H36N2S. The summed E-state index contributed by atoms with van der Waals surface area (Å²) >= 11 is 1.85. The molecule has 2 heterocycles. The first-order valence-electron chi connectivity index (χ1n) is 20.7. The zero-order valence-corrected chi connectivity index (χ0v) is 33.9. The van der Waals surface area contributed by atoms with Crippen LogP contribution in [-0.4, -0.2) is 9.97 Å². The van der Waals surface area contributed by atoms with E-state index in [9.17, 15) is 0 Å². The van der Waals surface area contributed by atoms with Gasteiger partial charge < -0.3 is 0 Å². The van der Waals surface area contributed by atoms with E-state index in [2.05, 4.69) is 218 Å². The Bertz CT molecular complexity index is 3610. The molecule has 0 saturated carbocycles. The fourth-order valence-electron chi connectivity index (χ4n) is 8.99. The molecule has 0 aliphatic carbocycles. The summed E-state index contributed by atoms with van der Waals surface area (Å²) in [4.78, 5) is 10.5. The molecule has 284 valence electrons. The summed E-state index contributed by atoms with van der Waals surface area (Å²) in [6.45, 7) is 0. The fraction of sp³-hybridized carbons (Fsp3) is 0. The van der Waals surface area contributed by atoms with Gasteiger partial charge in [-0.25, -0.2) is 9.97 Å². The van der Waals surface area contributed by atoms with Crippen molar-refractivity contribution in [3.05, 3.63) is 218 Å². The minimum Gasteiger partial charge on any atom is -0.228 e. The largest absolute Gasteiger partial charge is 0.228 e. The van der Waals surface area contributed by atoms with Crippen LogP contribution in [0.3, 0.4) is 0 Å². The third-order valence-electron chi connectivity index (χ3n) is 12.1. The van der Waals surface area contributed by atoms with Crippen molar-refractivity contribution in [2.24, 2.45) is 0 Å². The highest BCUT2D eigenvalue weighted by Crippen LogP contribution is 2.41. The summed E-state index contributed by atoms with van der Waals surface area (Å²) in [5, 5.41) is 10.1. The van der Waals surface area contributed by atoms with Gasteiger partial charge in [-0.05, 0) is 90.0 Å². The SMILES string of the molecule is c1ccc(-c2ccc(-c3cc(-c4ccc(-c5ccc6c(c5)sc5ccccc56)cc4)nc(-c4ccc(-c5c6ccccc6cc6c5ccc5ccccc56)cc4)n3)cc2)cc1. The molecule has 0 fully saturated rings. The molecule has 0 radical (unpaired) electrons. The zero-order chi connectivity index (χ0) is 40.3. The molecule has 2 nitrogen and oxygen atoms in total. The number of hydrogen-bond acceptors (Lipinski definition) is 3. The van der Waals surface area contributed by atoms with Gasteiger partial charge in [0.25, 0.3) is 0 Å². The molecule has 0 saturated heterocycles. The lowest BCUT2D eigenvalue weighted by atomic mass is 9.89. The lowest BCUT2D eigenvalue weighted by Crippen LogP contribution is -1.96. The van der Waals surface area contributed by atoms with Crippen LogP contribution in [-0.2, 0) is 0 Å². The first kappa shape index (κ1) is 35.2. The third-order valence-corrected chi connectivity index (χ3v) is 13.2. The Hall–Kier alpha value is -7.72. The van der Waals surface area contributed by atoms with Crippen LogP contribution in [0, 0.1) is 0 Å². The van der Waals surface area contributed by atoms with E-state index in [0.717, 1.165) is 33.6 Å². The average Bonchev–Trinajstić information content (AvgIpc) is 3.71. The van der Waals surface area contributed by atoms with Crippen LogP contribution in [0.25, 0.3) is 120 Å². The first-order valence-corrected chi connectivity index (χ1v) is 21.5. The van der Waals surface area contributed by atoms with Gasteiger partial charge in [-0.3, -0.25) is 0 Å². The van der Waals surface area contributed by atoms with Crippen LogP contribution in [0.2, 0.25) is 0 Å². The quantitative estimate of drug-likeness (QED) is 0.124. The molecule has 61 heavy (non-hydrogen) atoms. The molecule has 0 aliphatic heterocycles. The van der Waals surface area contributed by atoms with E-state index in [-0.39, 0.29) is 0 Å². The van der Waals surface area contributed by atoms with Gasteiger partial charge >= 0.3 is 0 Å². The predicted molar refractivity (Wildman–Crippen MR) is 260 cm³/mol. The topological polar surface area (TPSA) is 25.8 Å². The van der Waals surface area contributed by atoms with E-state index in [1.165, 1.54) is 80.3 Å². The highest BCUT2D eigenvalue weighted by atomic mass is 32.1. The van der Waals surface area contributed by atoms with Crippen molar-refractivity contribution >= 4 is 63.8 Å². The second kappa shape index (κ2) is 14.5. The normalized spacial score (nSPS) is 11.6. The molecule has 10 aromatic carbocycles. The molecule has 0 spiro atoms. The van der Waals surface area contributed by atoms with Gasteiger partial charge in [0.15, 0.2) is 5.82 Å². The maximum absolute atomic E-state index is 5.26. The molecule has 12 aromatic rings. The second-order valence-electron chi connectivity index (χ2n) is 15.7. The summed E-state index contributed by atoms with van der Waals surface area (Å²) in [6, 6.07) is 78.7. The van der Waals surface area contributed by atoms with Crippen LogP contribution < -0.4 is 0 Å². The Morgan fingerprint density at radius 1 is 0.262 bits per heavy atom. The van der Waals surface area contributed by atoms with E-state index in [1.54, 1.807) is 0 Å². The van der Waals surface area contributed by atoms with E-state index >= 15 is 0 Å². The zero-order valence-electron chi connectivity index (χ0n) is 33.1. The molecule has 0 N–H and O–H groups in total. The number of rotatable bonds is 6. The van der Waals surface area contributed by atoms with Gasteiger partial charge in [0.2, 0.25) is 0 Å². The number of nitrogens with zero attached hydrogens (tertiary/aromatic N) is 2. The summed E-state index contributed by atoms with van der Waals surface area (Å²) in [6.07, 6.45) is 0. The third kappa shape index (κ3) is 6.26. The monoisotopic (exact) mass is 792 g/mol. The van der Waals surface area contributed by atoms with Gasteiger partial charge in [-0.1, -0.05) is 194 Å². The van der Waals surface area contributed by atoms with Crippen LogP contribution in [0.15, 0.2) is 218 Å². The highest BCUT2D eigenvalue weighted by molar-refractivity contribution is 7.25. The summed E-state index contributed by atoms with van der Waals surface area (Å²) in [5.41, 5.74) is 12.0. The molecule has 2 aromatic heterocycles. The maximum atomic E-state index is 5.26. The van der Waals surface area contributed by atoms with Crippen molar-refractivity contribution < 1.29 is 0 Å². The van der Waals surface area contributed by atoms with E-state index < -0.39 is 0 Å². The maximum Gasteiger partial charge on any atom is 0.160 e. The predicted octanol–water partition coefficient (Wildman–Crippen LogP) is 16.3. The molecule has 0 amide bonds. The van der Waals surface area contributed by atoms with Crippen molar-refractivity contribution in [2.45, 2.75) is 0 Å². The fourth-order valence-corrected chi connectivity index (χ4v) is 10.1. The number of benzene rings is 10. The Morgan fingerprint density at radius 3 is 1.51 bits per heavy atom. The first-order chi connectivity index (χ1) is 30.2. The van der Waals surface area contributed by atoms with Crippen molar-refractivity contribution in [1.82, 2.24) is 9.97 Å². The Labute approximate surface area is 357 Å². The van der Waals surface area contributed by atoms with Crippen LogP contribution in [0.1, 0.15) is 0 Å². The lowest BCUT2D eigenvalue weighted by molar-refractivity contribution is 1.18. The highest BCUT2D eigenvalue weighted by Gasteiger charge is 2.16. The van der Waals surface area contributed by atoms with Crippen LogP contribution >= 0.6 is 11.3 Å². The van der Waals surface area contributed by atoms with Crippen LogP contribution in [0.5, 0.6) is 0 Å². The molecule has 0 aliphatic rings. The average molecular weight is 793 g/mol. The van der Waals surface area contributed by atoms with Gasteiger partial charge in [0.05, 0.1) is 11.4 Å². The number of thiophene rings is 1. The molecule has 3 heteroatoms. The van der Waals surface area contributed by atoms with Crippen LogP contribution in [0.4, 0.5) is 0 Å². The Kier molecular flexibility index (Phi) is 8.39.